The van der Waals surface area contributed by atoms with E-state index >= 15 is 0 Å². The summed E-state index contributed by atoms with van der Waals surface area (Å²) >= 11 is 18.7. The van der Waals surface area contributed by atoms with Gasteiger partial charge in [-0.25, -0.2) is 4.98 Å². The lowest BCUT2D eigenvalue weighted by atomic mass is 10.1. The molecule has 0 saturated heterocycles. The predicted molar refractivity (Wildman–Crippen MR) is 141 cm³/mol. The zero-order valence-electron chi connectivity index (χ0n) is 20.2. The number of aromatic nitrogens is 3. The second-order valence-corrected chi connectivity index (χ2v) is 10.7. The van der Waals surface area contributed by atoms with E-state index in [1.165, 1.54) is 4.90 Å². The van der Waals surface area contributed by atoms with Crippen molar-refractivity contribution in [2.75, 3.05) is 33.9 Å². The molecule has 0 aliphatic carbocycles. The quantitative estimate of drug-likeness (QED) is 0.311. The zero-order chi connectivity index (χ0) is 25.3. The summed E-state index contributed by atoms with van der Waals surface area (Å²) in [7, 11) is 3.15. The predicted octanol–water partition coefficient (Wildman–Crippen LogP) is 4.30. The summed E-state index contributed by atoms with van der Waals surface area (Å²) in [4.78, 5) is 6.48. The van der Waals surface area contributed by atoms with E-state index < -0.39 is 9.90 Å². The van der Waals surface area contributed by atoms with E-state index in [0.29, 0.717) is 34.2 Å². The average Bonchev–Trinajstić information content (AvgIpc) is 3.38. The molecular weight excluding hydrogens is 511 g/mol. The fraction of sp³-hybridized carbons (Fsp3) is 0.400. The van der Waals surface area contributed by atoms with Crippen molar-refractivity contribution in [1.29, 1.82) is 0 Å². The highest BCUT2D eigenvalue weighted by atomic mass is 35.6. The normalized spacial score (nSPS) is 13.2. The first-order chi connectivity index (χ1) is 16.7. The zero-order valence-corrected chi connectivity index (χ0v) is 22.5. The minimum absolute atomic E-state index is 0.400. The van der Waals surface area contributed by atoms with Crippen LogP contribution in [0.4, 0.5) is 0 Å². The van der Waals surface area contributed by atoms with Crippen molar-refractivity contribution < 1.29 is 19.5 Å². The molecule has 0 aliphatic heterocycles. The number of imidazole rings is 2. The second kappa shape index (κ2) is 10.4. The Kier molecular flexibility index (Phi) is 7.74. The Hall–Kier alpha value is -2.16. The van der Waals surface area contributed by atoms with E-state index in [0.717, 1.165) is 37.2 Å². The largest absolute Gasteiger partial charge is 0.493 e. The number of rotatable bonds is 9. The molecule has 0 spiro atoms. The highest BCUT2D eigenvalue weighted by Crippen LogP contribution is 2.45. The first-order valence-corrected chi connectivity index (χ1v) is 12.7. The molecule has 2 heterocycles. The van der Waals surface area contributed by atoms with Gasteiger partial charge in [0.2, 0.25) is 9.57 Å². The molecule has 2 aromatic heterocycles. The maximum Gasteiger partial charge on any atom is 0.221 e. The molecule has 1 atom stereocenters. The molecule has 0 amide bonds. The van der Waals surface area contributed by atoms with Crippen molar-refractivity contribution in [2.45, 2.75) is 30.3 Å². The lowest BCUT2D eigenvalue weighted by Gasteiger charge is -2.20. The van der Waals surface area contributed by atoms with Gasteiger partial charge in [0.15, 0.2) is 11.5 Å². The highest BCUT2D eigenvalue weighted by Gasteiger charge is 2.38. The van der Waals surface area contributed by atoms with Gasteiger partial charge < -0.3 is 24.0 Å². The topological polar surface area (TPSA) is 65.4 Å². The Morgan fingerprint density at radius 2 is 1.66 bits per heavy atom. The molecule has 2 N–H and O–H groups in total. The third-order valence-corrected chi connectivity index (χ3v) is 7.09. The number of aliphatic hydroxyl groups excluding tert-OH is 1. The van der Waals surface area contributed by atoms with Crippen molar-refractivity contribution in [3.8, 4) is 22.8 Å². The Labute approximate surface area is 219 Å². The summed E-state index contributed by atoms with van der Waals surface area (Å²) in [5.41, 5.74) is 3.49. The molecule has 4 rings (SSSR count). The van der Waals surface area contributed by atoms with Gasteiger partial charge in [-0.1, -0.05) is 46.9 Å². The van der Waals surface area contributed by atoms with Crippen LogP contribution in [0.3, 0.4) is 0 Å². The molecule has 0 unspecified atom stereocenters. The first-order valence-electron chi connectivity index (χ1n) is 11.5. The molecule has 10 heteroatoms. The number of nitrogens with zero attached hydrogens (tertiary/aromatic N) is 3. The fourth-order valence-electron chi connectivity index (χ4n) is 4.53. The van der Waals surface area contributed by atoms with Crippen molar-refractivity contribution in [1.82, 2.24) is 14.0 Å². The molecule has 2 aromatic carbocycles. The maximum absolute atomic E-state index is 11.3. The number of hydrogen-bond donors (Lipinski definition) is 2. The molecular formula is C25H30Cl3N4O3+. The van der Waals surface area contributed by atoms with Gasteiger partial charge in [-0.2, -0.15) is 0 Å². The molecule has 0 saturated carbocycles. The van der Waals surface area contributed by atoms with Crippen LogP contribution in [0.2, 0.25) is 0 Å². The molecule has 0 radical (unpaired) electrons. The molecule has 0 bridgehead atoms. The molecule has 188 valence electrons. The summed E-state index contributed by atoms with van der Waals surface area (Å²) in [5, 5.41) is 11.3. The second-order valence-electron chi connectivity index (χ2n) is 8.34. The van der Waals surface area contributed by atoms with Gasteiger partial charge >= 0.3 is 0 Å². The molecule has 35 heavy (non-hydrogen) atoms. The van der Waals surface area contributed by atoms with E-state index in [9.17, 15) is 5.11 Å². The van der Waals surface area contributed by atoms with Crippen LogP contribution in [0.1, 0.15) is 25.6 Å². The number of alkyl halides is 3. The number of methoxy groups -OCH3 is 2. The fourth-order valence-corrected chi connectivity index (χ4v) is 4.84. The summed E-state index contributed by atoms with van der Waals surface area (Å²) in [6.45, 7) is 8.12. The number of fused-ring (bicyclic) bond motifs is 3. The lowest BCUT2D eigenvalue weighted by Crippen LogP contribution is -3.11. The van der Waals surface area contributed by atoms with Crippen LogP contribution >= 0.6 is 34.8 Å². The van der Waals surface area contributed by atoms with Crippen molar-refractivity contribution in [3.63, 3.8) is 0 Å². The summed E-state index contributed by atoms with van der Waals surface area (Å²) in [5.74, 6) is 1.79. The number of likely N-dealkylation sites (N-methyl/N-ethyl adjacent to an activating group) is 1. The van der Waals surface area contributed by atoms with E-state index in [1.54, 1.807) is 20.3 Å². The Morgan fingerprint density at radius 3 is 2.26 bits per heavy atom. The van der Waals surface area contributed by atoms with Crippen molar-refractivity contribution in [2.24, 2.45) is 0 Å². The lowest BCUT2D eigenvalue weighted by molar-refractivity contribution is -0.897. The Morgan fingerprint density at radius 1 is 1.00 bits per heavy atom. The van der Waals surface area contributed by atoms with E-state index in [4.69, 9.17) is 49.3 Å². The number of ether oxygens (including phenoxy) is 2. The third-order valence-electron chi connectivity index (χ3n) is 6.47. The molecule has 0 aliphatic rings. The Bertz CT molecular complexity index is 1330. The number of aliphatic hydroxyl groups is 1. The SMILES string of the molecule is CC[NH+](CC)CCn1c2ccccc2n2c([C@@H](O)C(Cl)(Cl)Cl)c(-c3ccc(OC)c(OC)c3)nc12. The number of halogens is 3. The monoisotopic (exact) mass is 539 g/mol. The first kappa shape index (κ1) is 25.9. The highest BCUT2D eigenvalue weighted by molar-refractivity contribution is 6.68. The van der Waals surface area contributed by atoms with E-state index in [-0.39, 0.29) is 0 Å². The van der Waals surface area contributed by atoms with Crippen LogP contribution < -0.4 is 14.4 Å². The standard InChI is InChI=1S/C25H29Cl3N4O3/c1-5-30(6-2)13-14-31-17-9-7-8-10-18(17)32-22(23(33)25(26,27)28)21(29-24(31)32)16-11-12-19(34-3)20(15-16)35-4/h7-12,15,23,33H,5-6,13-14H2,1-4H3/p+1/t23-/m1/s1. The van der Waals surface area contributed by atoms with Gasteiger partial charge in [0.05, 0.1) is 62.8 Å². The number of quaternary nitrogens is 1. The van der Waals surface area contributed by atoms with Crippen LogP contribution in [0.25, 0.3) is 28.1 Å². The number of benzene rings is 2. The summed E-state index contributed by atoms with van der Waals surface area (Å²) in [6.07, 6.45) is -1.43. The maximum atomic E-state index is 11.3. The van der Waals surface area contributed by atoms with Crippen LogP contribution in [0, 0.1) is 0 Å². The number of para-hydroxylation sites is 2. The minimum Gasteiger partial charge on any atom is -0.493 e. The van der Waals surface area contributed by atoms with Gasteiger partial charge in [-0.05, 0) is 44.2 Å². The third kappa shape index (κ3) is 4.80. The van der Waals surface area contributed by atoms with Crippen LogP contribution in [0.5, 0.6) is 11.5 Å². The van der Waals surface area contributed by atoms with Gasteiger partial charge in [-0.15, -0.1) is 0 Å². The van der Waals surface area contributed by atoms with Crippen LogP contribution in [0.15, 0.2) is 42.5 Å². The van der Waals surface area contributed by atoms with Crippen molar-refractivity contribution >= 4 is 51.6 Å². The van der Waals surface area contributed by atoms with E-state index in [2.05, 4.69) is 18.4 Å². The summed E-state index contributed by atoms with van der Waals surface area (Å²) < 4.78 is 13.0. The van der Waals surface area contributed by atoms with Crippen molar-refractivity contribution in [3.05, 3.63) is 48.2 Å². The number of nitrogens with one attached hydrogen (secondary N) is 1. The smallest absolute Gasteiger partial charge is 0.221 e. The number of hydrogen-bond acceptors (Lipinski definition) is 4. The van der Waals surface area contributed by atoms with Gasteiger partial charge in [0, 0.05) is 5.56 Å². The van der Waals surface area contributed by atoms with Gasteiger partial charge in [0.25, 0.3) is 0 Å². The minimum atomic E-state index is -1.96. The Balaban J connectivity index is 2.01. The van der Waals surface area contributed by atoms with Gasteiger partial charge in [-0.3, -0.25) is 4.40 Å². The van der Waals surface area contributed by atoms with Crippen LogP contribution in [-0.4, -0.2) is 56.7 Å². The molecule has 7 nitrogen and oxygen atoms in total. The molecule has 4 aromatic rings. The van der Waals surface area contributed by atoms with Crippen LogP contribution in [-0.2, 0) is 6.54 Å². The van der Waals surface area contributed by atoms with Gasteiger partial charge in [0.1, 0.15) is 6.10 Å². The molecule has 0 fully saturated rings. The van der Waals surface area contributed by atoms with E-state index in [1.807, 2.05) is 40.8 Å². The summed E-state index contributed by atoms with van der Waals surface area (Å²) in [6, 6.07) is 13.4. The average molecular weight is 541 g/mol.